The quantitative estimate of drug-likeness (QED) is 0.330. The summed E-state index contributed by atoms with van der Waals surface area (Å²) in [5, 5.41) is 5.44. The smallest absolute Gasteiger partial charge is 0.323 e. The molecular weight excluding hydrogens is 469 g/mol. The van der Waals surface area contributed by atoms with Crippen molar-refractivity contribution in [3.05, 3.63) is 95.4 Å². The number of pyridine rings is 1. The van der Waals surface area contributed by atoms with Gasteiger partial charge in [-0.2, -0.15) is 0 Å². The van der Waals surface area contributed by atoms with E-state index in [-0.39, 0.29) is 16.9 Å². The Morgan fingerprint density at radius 1 is 0.861 bits per heavy atom. The van der Waals surface area contributed by atoms with Crippen molar-refractivity contribution in [2.45, 2.75) is 12.8 Å². The standard InChI is InChI=1S/C27H21F3N4O2/c28-18-4-3-5-19(12-18)32-27(36)33-20-13-22(25(30)23(29)14-20)26(35)16-6-7-24-17(10-16)11-21(15-31-24)34-8-1-2-9-34/h3-7,10-15H,1-2,8-9H2,(H2,32,33,36). The van der Waals surface area contributed by atoms with Crippen LogP contribution in [0.15, 0.2) is 66.9 Å². The van der Waals surface area contributed by atoms with E-state index in [1.165, 1.54) is 24.3 Å². The Bertz CT molecular complexity index is 1490. The topological polar surface area (TPSA) is 74.3 Å². The number of aromatic nitrogens is 1. The first kappa shape index (κ1) is 23.3. The first-order chi connectivity index (χ1) is 17.4. The van der Waals surface area contributed by atoms with Crippen LogP contribution in [0.3, 0.4) is 0 Å². The SMILES string of the molecule is O=C(Nc1cccc(F)c1)Nc1cc(F)c(F)c(C(=O)c2ccc3ncc(N4CCCC4)cc3c2)c1. The maximum Gasteiger partial charge on any atom is 0.323 e. The lowest BCUT2D eigenvalue weighted by atomic mass is 10.00. The minimum Gasteiger partial charge on any atom is -0.370 e. The Balaban J connectivity index is 1.41. The molecule has 0 atom stereocenters. The molecule has 1 aromatic heterocycles. The number of fused-ring (bicyclic) bond motifs is 1. The second-order valence-corrected chi connectivity index (χ2v) is 8.53. The van der Waals surface area contributed by atoms with Crippen LogP contribution in [0, 0.1) is 17.5 Å². The number of anilines is 3. The van der Waals surface area contributed by atoms with E-state index in [1.54, 1.807) is 18.3 Å². The van der Waals surface area contributed by atoms with Crippen molar-refractivity contribution in [3.63, 3.8) is 0 Å². The van der Waals surface area contributed by atoms with Gasteiger partial charge >= 0.3 is 6.03 Å². The third-order valence-corrected chi connectivity index (χ3v) is 6.01. The summed E-state index contributed by atoms with van der Waals surface area (Å²) in [5.41, 5.74) is 1.28. The number of halogens is 3. The number of urea groups is 1. The van der Waals surface area contributed by atoms with Crippen LogP contribution in [0.5, 0.6) is 0 Å². The van der Waals surface area contributed by atoms with Gasteiger partial charge < -0.3 is 15.5 Å². The fourth-order valence-electron chi connectivity index (χ4n) is 4.25. The van der Waals surface area contributed by atoms with E-state index in [1.807, 2.05) is 6.07 Å². The van der Waals surface area contributed by atoms with Crippen LogP contribution in [0.1, 0.15) is 28.8 Å². The van der Waals surface area contributed by atoms with Gasteiger partial charge in [-0.25, -0.2) is 18.0 Å². The Labute approximate surface area is 204 Å². The zero-order valence-electron chi connectivity index (χ0n) is 19.0. The summed E-state index contributed by atoms with van der Waals surface area (Å²) in [6, 6.07) is 12.9. The summed E-state index contributed by atoms with van der Waals surface area (Å²) >= 11 is 0. The summed E-state index contributed by atoms with van der Waals surface area (Å²) in [7, 11) is 0. The van der Waals surface area contributed by atoms with E-state index in [0.717, 1.165) is 49.8 Å². The molecule has 0 spiro atoms. The van der Waals surface area contributed by atoms with Crippen molar-refractivity contribution in [3.8, 4) is 0 Å². The normalized spacial score (nSPS) is 13.1. The zero-order chi connectivity index (χ0) is 25.2. The van der Waals surface area contributed by atoms with Crippen LogP contribution in [-0.4, -0.2) is 29.9 Å². The summed E-state index contributed by atoms with van der Waals surface area (Å²) in [4.78, 5) is 32.1. The van der Waals surface area contributed by atoms with Crippen LogP contribution in [0.2, 0.25) is 0 Å². The van der Waals surface area contributed by atoms with Crippen molar-refractivity contribution in [1.29, 1.82) is 0 Å². The molecule has 2 heterocycles. The van der Waals surface area contributed by atoms with E-state index in [2.05, 4.69) is 20.5 Å². The summed E-state index contributed by atoms with van der Waals surface area (Å²) in [5.74, 6) is -3.90. The van der Waals surface area contributed by atoms with Gasteiger partial charge in [0.1, 0.15) is 5.82 Å². The number of hydrogen-bond acceptors (Lipinski definition) is 4. The molecule has 1 fully saturated rings. The van der Waals surface area contributed by atoms with Gasteiger partial charge in [0.2, 0.25) is 0 Å². The lowest BCUT2D eigenvalue weighted by Gasteiger charge is -2.17. The molecule has 1 aliphatic heterocycles. The molecule has 1 saturated heterocycles. The number of carbonyl (C=O) groups is 2. The van der Waals surface area contributed by atoms with Crippen molar-refractivity contribution >= 4 is 39.8 Å². The fraction of sp³-hybridized carbons (Fsp3) is 0.148. The van der Waals surface area contributed by atoms with E-state index in [9.17, 15) is 22.8 Å². The molecule has 2 amide bonds. The van der Waals surface area contributed by atoms with Gasteiger partial charge in [0.25, 0.3) is 0 Å². The largest absolute Gasteiger partial charge is 0.370 e. The van der Waals surface area contributed by atoms with Gasteiger partial charge in [0.05, 0.1) is 23.0 Å². The van der Waals surface area contributed by atoms with Gasteiger partial charge in [0.15, 0.2) is 17.4 Å². The fourth-order valence-corrected chi connectivity index (χ4v) is 4.25. The number of nitrogens with zero attached hydrogens (tertiary/aromatic N) is 2. The Kier molecular flexibility index (Phi) is 6.28. The minimum atomic E-state index is -1.32. The van der Waals surface area contributed by atoms with Crippen molar-refractivity contribution in [1.82, 2.24) is 4.98 Å². The van der Waals surface area contributed by atoms with Gasteiger partial charge in [-0.3, -0.25) is 9.78 Å². The average Bonchev–Trinajstić information content (AvgIpc) is 3.40. The van der Waals surface area contributed by atoms with Gasteiger partial charge in [-0.05, 0) is 61.4 Å². The second kappa shape index (κ2) is 9.69. The molecule has 36 heavy (non-hydrogen) atoms. The maximum absolute atomic E-state index is 14.6. The maximum atomic E-state index is 14.6. The molecule has 3 aromatic carbocycles. The number of ketones is 1. The molecule has 9 heteroatoms. The van der Waals surface area contributed by atoms with Crippen LogP contribution in [-0.2, 0) is 0 Å². The molecule has 0 saturated carbocycles. The highest BCUT2D eigenvalue weighted by atomic mass is 19.2. The number of nitrogens with one attached hydrogen (secondary N) is 2. The molecule has 0 radical (unpaired) electrons. The van der Waals surface area contributed by atoms with Crippen LogP contribution in [0.25, 0.3) is 10.9 Å². The molecule has 0 unspecified atom stereocenters. The Hall–Kier alpha value is -4.40. The first-order valence-electron chi connectivity index (χ1n) is 11.4. The third-order valence-electron chi connectivity index (χ3n) is 6.01. The third kappa shape index (κ3) is 4.86. The Morgan fingerprint density at radius 2 is 1.64 bits per heavy atom. The molecule has 5 rings (SSSR count). The number of amides is 2. The van der Waals surface area contributed by atoms with Gasteiger partial charge in [-0.15, -0.1) is 0 Å². The van der Waals surface area contributed by atoms with Crippen LogP contribution < -0.4 is 15.5 Å². The highest BCUT2D eigenvalue weighted by molar-refractivity contribution is 6.11. The lowest BCUT2D eigenvalue weighted by Crippen LogP contribution is -2.20. The molecule has 2 N–H and O–H groups in total. The molecular formula is C27H21F3N4O2. The average molecular weight is 490 g/mol. The second-order valence-electron chi connectivity index (χ2n) is 8.53. The van der Waals surface area contributed by atoms with Crippen molar-refractivity contribution < 1.29 is 22.8 Å². The number of hydrogen-bond donors (Lipinski definition) is 2. The number of carbonyl (C=O) groups excluding carboxylic acids is 2. The van der Waals surface area contributed by atoms with E-state index in [0.29, 0.717) is 10.9 Å². The molecule has 0 bridgehead atoms. The Morgan fingerprint density at radius 3 is 2.42 bits per heavy atom. The van der Waals surface area contributed by atoms with E-state index >= 15 is 0 Å². The van der Waals surface area contributed by atoms with E-state index in [4.69, 9.17) is 0 Å². The van der Waals surface area contributed by atoms with Gasteiger partial charge in [-0.1, -0.05) is 6.07 Å². The van der Waals surface area contributed by atoms with Crippen molar-refractivity contribution in [2.75, 3.05) is 28.6 Å². The van der Waals surface area contributed by atoms with Gasteiger partial charge in [0, 0.05) is 41.5 Å². The highest BCUT2D eigenvalue weighted by Crippen LogP contribution is 2.27. The predicted molar refractivity (Wildman–Crippen MR) is 132 cm³/mol. The lowest BCUT2D eigenvalue weighted by molar-refractivity contribution is 0.103. The summed E-state index contributed by atoms with van der Waals surface area (Å²) in [6.07, 6.45) is 3.99. The first-order valence-corrected chi connectivity index (χ1v) is 11.4. The molecule has 182 valence electrons. The summed E-state index contributed by atoms with van der Waals surface area (Å²) in [6.45, 7) is 1.87. The van der Waals surface area contributed by atoms with Crippen LogP contribution in [0.4, 0.5) is 35.0 Å². The van der Waals surface area contributed by atoms with E-state index < -0.39 is 34.8 Å². The molecule has 0 aliphatic carbocycles. The summed E-state index contributed by atoms with van der Waals surface area (Å²) < 4.78 is 42.3. The van der Waals surface area contributed by atoms with Crippen molar-refractivity contribution in [2.24, 2.45) is 0 Å². The highest BCUT2D eigenvalue weighted by Gasteiger charge is 2.21. The number of benzene rings is 3. The number of rotatable bonds is 5. The predicted octanol–water partition coefficient (Wildman–Crippen LogP) is 6.13. The molecule has 1 aliphatic rings. The minimum absolute atomic E-state index is 0.134. The zero-order valence-corrected chi connectivity index (χ0v) is 19.0. The van der Waals surface area contributed by atoms with Crippen LogP contribution >= 0.6 is 0 Å². The molecule has 6 nitrogen and oxygen atoms in total. The monoisotopic (exact) mass is 490 g/mol. The molecule has 4 aromatic rings.